The van der Waals surface area contributed by atoms with Gasteiger partial charge < -0.3 is 15.6 Å². The number of aromatic amines is 1. The molecule has 25 heavy (non-hydrogen) atoms. The fourth-order valence-electron chi connectivity index (χ4n) is 3.14. The molecule has 1 heterocycles. The van der Waals surface area contributed by atoms with E-state index in [1.807, 2.05) is 24.4 Å². The molecule has 0 atom stereocenters. The minimum absolute atomic E-state index is 0.113. The van der Waals surface area contributed by atoms with E-state index in [4.69, 9.17) is 0 Å². The Kier molecular flexibility index (Phi) is 5.11. The van der Waals surface area contributed by atoms with Crippen molar-refractivity contribution < 1.29 is 9.59 Å². The molecule has 1 aliphatic carbocycles. The van der Waals surface area contributed by atoms with Crippen molar-refractivity contribution in [1.29, 1.82) is 0 Å². The maximum atomic E-state index is 12.5. The lowest BCUT2D eigenvalue weighted by Crippen LogP contribution is -2.44. The number of amides is 2. The summed E-state index contributed by atoms with van der Waals surface area (Å²) in [4.78, 5) is 28.1. The summed E-state index contributed by atoms with van der Waals surface area (Å²) in [5.74, 6) is 0.299. The van der Waals surface area contributed by atoms with E-state index in [1.165, 1.54) is 10.9 Å². The van der Waals surface area contributed by atoms with E-state index in [0.717, 1.165) is 18.4 Å². The number of nitrogens with one attached hydrogen (secondary N) is 3. The predicted molar refractivity (Wildman–Crippen MR) is 99.1 cm³/mol. The van der Waals surface area contributed by atoms with Gasteiger partial charge in [0.15, 0.2) is 0 Å². The van der Waals surface area contributed by atoms with E-state index in [9.17, 15) is 9.59 Å². The van der Waals surface area contributed by atoms with Crippen LogP contribution in [0.15, 0.2) is 30.5 Å². The third kappa shape index (κ3) is 3.86. The zero-order valence-electron chi connectivity index (χ0n) is 15.0. The molecule has 1 aromatic carbocycles. The first kappa shape index (κ1) is 17.5. The Bertz CT molecular complexity index is 759. The third-order valence-electron chi connectivity index (χ3n) is 4.98. The topological polar surface area (TPSA) is 74.0 Å². The minimum atomic E-state index is -0.822. The van der Waals surface area contributed by atoms with Gasteiger partial charge in [-0.1, -0.05) is 32.0 Å². The molecule has 3 rings (SSSR count). The molecule has 0 spiro atoms. The van der Waals surface area contributed by atoms with Crippen molar-refractivity contribution in [2.45, 2.75) is 39.5 Å². The lowest BCUT2D eigenvalue weighted by atomic mass is 10.0. The van der Waals surface area contributed by atoms with Crippen molar-refractivity contribution in [2.75, 3.05) is 13.1 Å². The fraction of sp³-hybridized carbons (Fsp3) is 0.500. The first-order chi connectivity index (χ1) is 12.0. The second-order valence-electron chi connectivity index (χ2n) is 7.39. The molecule has 0 unspecified atom stereocenters. The van der Waals surface area contributed by atoms with Gasteiger partial charge in [0.25, 0.3) is 0 Å². The number of hydrogen-bond acceptors (Lipinski definition) is 2. The molecular weight excluding hydrogens is 314 g/mol. The zero-order chi connectivity index (χ0) is 17.9. The Morgan fingerprint density at radius 2 is 1.80 bits per heavy atom. The molecule has 1 aliphatic rings. The Morgan fingerprint density at radius 3 is 2.48 bits per heavy atom. The normalized spacial score (nSPS) is 15.3. The molecular formula is C20H27N3O2. The van der Waals surface area contributed by atoms with Gasteiger partial charge in [0.2, 0.25) is 11.8 Å². The largest absolute Gasteiger partial charge is 0.361 e. The highest BCUT2D eigenvalue weighted by Gasteiger charge is 2.56. The van der Waals surface area contributed by atoms with Crippen LogP contribution < -0.4 is 10.6 Å². The van der Waals surface area contributed by atoms with Gasteiger partial charge in [-0.3, -0.25) is 9.59 Å². The summed E-state index contributed by atoms with van der Waals surface area (Å²) >= 11 is 0. The molecule has 0 saturated heterocycles. The maximum Gasteiger partial charge on any atom is 0.235 e. The lowest BCUT2D eigenvalue weighted by molar-refractivity contribution is -0.137. The number of H-pyrrole nitrogens is 1. The summed E-state index contributed by atoms with van der Waals surface area (Å²) in [5.41, 5.74) is 1.46. The number of benzene rings is 1. The summed E-state index contributed by atoms with van der Waals surface area (Å²) in [7, 11) is 0. The fourth-order valence-corrected chi connectivity index (χ4v) is 3.14. The van der Waals surface area contributed by atoms with E-state index < -0.39 is 5.41 Å². The second kappa shape index (κ2) is 7.30. The van der Waals surface area contributed by atoms with Crippen LogP contribution in [-0.2, 0) is 16.0 Å². The Morgan fingerprint density at radius 1 is 1.12 bits per heavy atom. The average Bonchev–Trinajstić information content (AvgIpc) is 3.31. The van der Waals surface area contributed by atoms with Gasteiger partial charge in [0, 0.05) is 30.2 Å². The average molecular weight is 341 g/mol. The second-order valence-corrected chi connectivity index (χ2v) is 7.39. The van der Waals surface area contributed by atoms with Crippen LogP contribution in [0.2, 0.25) is 0 Å². The number of aromatic nitrogens is 1. The van der Waals surface area contributed by atoms with Crippen molar-refractivity contribution in [1.82, 2.24) is 15.6 Å². The van der Waals surface area contributed by atoms with Gasteiger partial charge >= 0.3 is 0 Å². The summed E-state index contributed by atoms with van der Waals surface area (Å²) < 4.78 is 0. The highest BCUT2D eigenvalue weighted by molar-refractivity contribution is 6.07. The van der Waals surface area contributed by atoms with Gasteiger partial charge in [-0.2, -0.15) is 0 Å². The van der Waals surface area contributed by atoms with Crippen LogP contribution in [0.5, 0.6) is 0 Å². The Balaban J connectivity index is 1.49. The minimum Gasteiger partial charge on any atom is -0.361 e. The highest BCUT2D eigenvalue weighted by atomic mass is 16.2. The highest BCUT2D eigenvalue weighted by Crippen LogP contribution is 2.46. The van der Waals surface area contributed by atoms with Gasteiger partial charge in [0.1, 0.15) is 5.41 Å². The summed E-state index contributed by atoms with van der Waals surface area (Å²) in [6, 6.07) is 8.13. The number of carbonyl (C=O) groups excluding carboxylic acids is 2. The standard InChI is InChI=1S/C20H27N3O2/c1-14(2)7-11-21-18(24)20(9-10-20)19(25)22-12-8-15-13-23-17-6-4-3-5-16(15)17/h3-6,13-14,23H,7-12H2,1-2H3,(H,21,24)(H,22,25). The van der Waals surface area contributed by atoms with Crippen molar-refractivity contribution in [3.05, 3.63) is 36.0 Å². The van der Waals surface area contributed by atoms with Crippen LogP contribution in [0.1, 0.15) is 38.7 Å². The lowest BCUT2D eigenvalue weighted by Gasteiger charge is -2.16. The molecule has 1 saturated carbocycles. The molecule has 0 bridgehead atoms. The van der Waals surface area contributed by atoms with Gasteiger partial charge in [0.05, 0.1) is 0 Å². The number of rotatable bonds is 8. The number of para-hydroxylation sites is 1. The van der Waals surface area contributed by atoms with E-state index in [0.29, 0.717) is 31.8 Å². The van der Waals surface area contributed by atoms with Crippen molar-refractivity contribution in [3.8, 4) is 0 Å². The van der Waals surface area contributed by atoms with E-state index in [2.05, 4.69) is 35.5 Å². The SMILES string of the molecule is CC(C)CCNC(=O)C1(C(=O)NCCc2c[nH]c3ccccc23)CC1. The number of hydrogen-bond donors (Lipinski definition) is 3. The molecule has 2 amide bonds. The molecule has 1 aromatic heterocycles. The molecule has 0 aliphatic heterocycles. The molecule has 3 N–H and O–H groups in total. The quantitative estimate of drug-likeness (QED) is 0.646. The predicted octanol–water partition coefficient (Wildman–Crippen LogP) is 2.77. The monoisotopic (exact) mass is 341 g/mol. The number of fused-ring (bicyclic) bond motifs is 1. The molecule has 0 radical (unpaired) electrons. The van der Waals surface area contributed by atoms with Crippen LogP contribution in [0.25, 0.3) is 10.9 Å². The van der Waals surface area contributed by atoms with Crippen LogP contribution in [0, 0.1) is 11.3 Å². The number of carbonyl (C=O) groups is 2. The van der Waals surface area contributed by atoms with E-state index in [-0.39, 0.29) is 11.8 Å². The van der Waals surface area contributed by atoms with Crippen LogP contribution in [0.3, 0.4) is 0 Å². The Labute approximate surface area is 148 Å². The van der Waals surface area contributed by atoms with E-state index in [1.54, 1.807) is 0 Å². The molecule has 5 heteroatoms. The van der Waals surface area contributed by atoms with Gasteiger partial charge in [-0.15, -0.1) is 0 Å². The molecule has 2 aromatic rings. The summed E-state index contributed by atoms with van der Waals surface area (Å²) in [6.45, 7) is 5.43. The first-order valence-corrected chi connectivity index (χ1v) is 9.14. The van der Waals surface area contributed by atoms with Crippen LogP contribution in [-0.4, -0.2) is 29.9 Å². The third-order valence-corrected chi connectivity index (χ3v) is 4.98. The first-order valence-electron chi connectivity index (χ1n) is 9.14. The molecule has 1 fully saturated rings. The van der Waals surface area contributed by atoms with Crippen molar-refractivity contribution in [2.24, 2.45) is 11.3 Å². The van der Waals surface area contributed by atoms with Crippen LogP contribution in [0.4, 0.5) is 0 Å². The van der Waals surface area contributed by atoms with Gasteiger partial charge in [-0.25, -0.2) is 0 Å². The maximum absolute atomic E-state index is 12.5. The summed E-state index contributed by atoms with van der Waals surface area (Å²) in [6.07, 6.45) is 4.98. The van der Waals surface area contributed by atoms with Crippen molar-refractivity contribution >= 4 is 22.7 Å². The Hall–Kier alpha value is -2.30. The van der Waals surface area contributed by atoms with Gasteiger partial charge in [-0.05, 0) is 43.2 Å². The zero-order valence-corrected chi connectivity index (χ0v) is 15.0. The van der Waals surface area contributed by atoms with Crippen molar-refractivity contribution in [3.63, 3.8) is 0 Å². The smallest absolute Gasteiger partial charge is 0.235 e. The van der Waals surface area contributed by atoms with Crippen LogP contribution >= 0.6 is 0 Å². The molecule has 134 valence electrons. The van der Waals surface area contributed by atoms with E-state index >= 15 is 0 Å². The summed E-state index contributed by atoms with van der Waals surface area (Å²) in [5, 5.41) is 7.06. The molecule has 5 nitrogen and oxygen atoms in total.